The van der Waals surface area contributed by atoms with E-state index in [0.717, 1.165) is 10.2 Å². The van der Waals surface area contributed by atoms with Gasteiger partial charge in [0.15, 0.2) is 5.13 Å². The predicted molar refractivity (Wildman–Crippen MR) is 99.1 cm³/mol. The van der Waals surface area contributed by atoms with Crippen LogP contribution in [0.5, 0.6) is 0 Å². The van der Waals surface area contributed by atoms with Gasteiger partial charge in [0.25, 0.3) is 5.91 Å². The van der Waals surface area contributed by atoms with Crippen molar-refractivity contribution >= 4 is 78.7 Å². The van der Waals surface area contributed by atoms with E-state index in [1.54, 1.807) is 17.5 Å². The molecule has 9 heteroatoms. The number of benzene rings is 1. The third-order valence-electron chi connectivity index (χ3n) is 2.91. The van der Waals surface area contributed by atoms with Crippen LogP contribution in [-0.2, 0) is 0 Å². The third-order valence-corrected chi connectivity index (χ3v) is 5.40. The van der Waals surface area contributed by atoms with Crippen molar-refractivity contribution in [3.05, 3.63) is 46.7 Å². The maximum atomic E-state index is 12.2. The van der Waals surface area contributed by atoms with Crippen LogP contribution in [0.2, 0.25) is 0 Å². The van der Waals surface area contributed by atoms with Crippen molar-refractivity contribution in [2.24, 2.45) is 0 Å². The molecular weight excluding hydrogens is 397 g/mol. The van der Waals surface area contributed by atoms with Gasteiger partial charge in [-0.05, 0) is 23.6 Å². The summed E-state index contributed by atoms with van der Waals surface area (Å²) in [7, 11) is 0. The SMILES string of the molecule is O=C(N[C@@H](Nc1nc2ccccc2s1)C(Cl)(Cl)Cl)c1cccs1. The highest BCUT2D eigenvalue weighted by atomic mass is 35.6. The monoisotopic (exact) mass is 405 g/mol. The number of carbonyl (C=O) groups is 1. The van der Waals surface area contributed by atoms with E-state index in [1.165, 1.54) is 22.7 Å². The Balaban J connectivity index is 1.80. The second-order valence-electron chi connectivity index (χ2n) is 4.56. The van der Waals surface area contributed by atoms with E-state index in [9.17, 15) is 4.79 Å². The average molecular weight is 407 g/mol. The first-order valence-electron chi connectivity index (χ1n) is 6.47. The molecule has 0 aliphatic carbocycles. The number of thiophene rings is 1. The van der Waals surface area contributed by atoms with Gasteiger partial charge in [-0.25, -0.2) is 4.98 Å². The van der Waals surface area contributed by atoms with E-state index >= 15 is 0 Å². The Morgan fingerprint density at radius 2 is 1.96 bits per heavy atom. The van der Waals surface area contributed by atoms with E-state index in [1.807, 2.05) is 24.3 Å². The van der Waals surface area contributed by atoms with Crippen molar-refractivity contribution in [2.45, 2.75) is 9.96 Å². The molecule has 0 fully saturated rings. The van der Waals surface area contributed by atoms with Crippen LogP contribution < -0.4 is 10.6 Å². The van der Waals surface area contributed by atoms with Crippen LogP contribution in [0.3, 0.4) is 0 Å². The summed E-state index contributed by atoms with van der Waals surface area (Å²) in [5, 5.41) is 8.04. The zero-order valence-electron chi connectivity index (χ0n) is 11.4. The van der Waals surface area contributed by atoms with E-state index in [4.69, 9.17) is 34.8 Å². The normalized spacial score (nSPS) is 13.0. The lowest BCUT2D eigenvalue weighted by atomic mass is 10.3. The molecule has 120 valence electrons. The number of nitrogens with one attached hydrogen (secondary N) is 2. The molecule has 1 atom stereocenters. The highest BCUT2D eigenvalue weighted by molar-refractivity contribution is 7.22. The number of nitrogens with zero attached hydrogens (tertiary/aromatic N) is 1. The summed E-state index contributed by atoms with van der Waals surface area (Å²) in [4.78, 5) is 17.1. The van der Waals surface area contributed by atoms with Crippen molar-refractivity contribution < 1.29 is 4.79 Å². The van der Waals surface area contributed by atoms with Crippen molar-refractivity contribution in [1.29, 1.82) is 0 Å². The molecule has 1 aromatic carbocycles. The van der Waals surface area contributed by atoms with Gasteiger partial charge in [-0.1, -0.05) is 64.3 Å². The number of carbonyl (C=O) groups excluding carboxylic acids is 1. The fourth-order valence-electron chi connectivity index (χ4n) is 1.87. The smallest absolute Gasteiger partial charge is 0.263 e. The Bertz CT molecular complexity index is 781. The van der Waals surface area contributed by atoms with Crippen LogP contribution in [0.1, 0.15) is 9.67 Å². The number of thiazole rings is 1. The van der Waals surface area contributed by atoms with E-state index in [0.29, 0.717) is 10.0 Å². The highest BCUT2D eigenvalue weighted by Crippen LogP contribution is 2.33. The molecule has 4 nitrogen and oxygen atoms in total. The first-order chi connectivity index (χ1) is 10.9. The van der Waals surface area contributed by atoms with Crippen LogP contribution in [0.4, 0.5) is 5.13 Å². The Morgan fingerprint density at radius 3 is 2.61 bits per heavy atom. The van der Waals surface area contributed by atoms with Gasteiger partial charge in [-0.3, -0.25) is 4.79 Å². The van der Waals surface area contributed by atoms with Gasteiger partial charge in [0.2, 0.25) is 3.79 Å². The molecule has 0 aliphatic rings. The lowest BCUT2D eigenvalue weighted by molar-refractivity contribution is 0.0946. The van der Waals surface area contributed by atoms with Gasteiger partial charge in [-0.15, -0.1) is 11.3 Å². The summed E-state index contributed by atoms with van der Waals surface area (Å²) in [5.41, 5.74) is 0.840. The van der Waals surface area contributed by atoms with Gasteiger partial charge in [0, 0.05) is 0 Å². The number of aromatic nitrogens is 1. The topological polar surface area (TPSA) is 54.0 Å². The summed E-state index contributed by atoms with van der Waals surface area (Å²) < 4.78 is -0.729. The van der Waals surface area contributed by atoms with Crippen molar-refractivity contribution in [1.82, 2.24) is 10.3 Å². The van der Waals surface area contributed by atoms with Gasteiger partial charge in [0.1, 0.15) is 6.17 Å². The van der Waals surface area contributed by atoms with Crippen LogP contribution >= 0.6 is 57.5 Å². The van der Waals surface area contributed by atoms with E-state index in [2.05, 4.69) is 15.6 Å². The van der Waals surface area contributed by atoms with Gasteiger partial charge in [0.05, 0.1) is 15.1 Å². The molecule has 0 radical (unpaired) electrons. The molecule has 0 saturated heterocycles. The number of fused-ring (bicyclic) bond motifs is 1. The summed E-state index contributed by atoms with van der Waals surface area (Å²) >= 11 is 20.7. The molecule has 0 spiro atoms. The number of para-hydroxylation sites is 1. The standard InChI is InChI=1S/C14H10Cl3N3OS2/c15-14(16,17)12(19-11(21)10-6-3-7-22-10)20-13-18-8-4-1-2-5-9(8)23-13/h1-7,12H,(H,18,20)(H,19,21)/t12-/m0/s1. The first-order valence-corrected chi connectivity index (χ1v) is 9.30. The fourth-order valence-corrected chi connectivity index (χ4v) is 3.72. The highest BCUT2D eigenvalue weighted by Gasteiger charge is 2.35. The first kappa shape index (κ1) is 16.8. The maximum absolute atomic E-state index is 12.2. The molecule has 2 N–H and O–H groups in total. The number of rotatable bonds is 4. The minimum atomic E-state index is -1.73. The number of hydrogen-bond acceptors (Lipinski definition) is 5. The largest absolute Gasteiger partial charge is 0.338 e. The Kier molecular flexibility index (Phi) is 4.98. The molecule has 2 heterocycles. The number of halogens is 3. The molecule has 3 aromatic rings. The van der Waals surface area contributed by atoms with Crippen molar-refractivity contribution in [3.8, 4) is 0 Å². The van der Waals surface area contributed by atoms with Crippen LogP contribution in [0.25, 0.3) is 10.2 Å². The maximum Gasteiger partial charge on any atom is 0.263 e. The van der Waals surface area contributed by atoms with E-state index < -0.39 is 9.96 Å². The second-order valence-corrected chi connectivity index (χ2v) is 8.90. The van der Waals surface area contributed by atoms with E-state index in [-0.39, 0.29) is 5.91 Å². The summed E-state index contributed by atoms with van der Waals surface area (Å²) in [6.07, 6.45) is -0.914. The lowest BCUT2D eigenvalue weighted by Crippen LogP contribution is -2.48. The van der Waals surface area contributed by atoms with Gasteiger partial charge >= 0.3 is 0 Å². The molecule has 0 unspecified atom stereocenters. The number of anilines is 1. The average Bonchev–Trinajstić information content (AvgIpc) is 3.14. The molecular formula is C14H10Cl3N3OS2. The van der Waals surface area contributed by atoms with Crippen molar-refractivity contribution in [3.63, 3.8) is 0 Å². The lowest BCUT2D eigenvalue weighted by Gasteiger charge is -2.25. The molecule has 3 rings (SSSR count). The summed E-state index contributed by atoms with van der Waals surface area (Å²) in [6, 6.07) is 11.2. The Morgan fingerprint density at radius 1 is 1.17 bits per heavy atom. The predicted octanol–water partition coefficient (Wildman–Crippen LogP) is 4.90. The Hall–Kier alpha value is -1.05. The quantitative estimate of drug-likeness (QED) is 0.479. The molecule has 0 bridgehead atoms. The summed E-state index contributed by atoms with van der Waals surface area (Å²) in [5.74, 6) is -0.315. The van der Waals surface area contributed by atoms with Crippen molar-refractivity contribution in [2.75, 3.05) is 5.32 Å². The summed E-state index contributed by atoms with van der Waals surface area (Å²) in [6.45, 7) is 0. The minimum Gasteiger partial charge on any atom is -0.338 e. The minimum absolute atomic E-state index is 0.315. The number of amides is 1. The fraction of sp³-hybridized carbons (Fsp3) is 0.143. The zero-order valence-corrected chi connectivity index (χ0v) is 15.3. The molecule has 1 amide bonds. The number of alkyl halides is 3. The molecule has 23 heavy (non-hydrogen) atoms. The van der Waals surface area contributed by atoms with Gasteiger partial charge < -0.3 is 10.6 Å². The van der Waals surface area contributed by atoms with Crippen LogP contribution in [0.15, 0.2) is 41.8 Å². The number of hydrogen-bond donors (Lipinski definition) is 2. The third kappa shape index (κ3) is 4.08. The Labute approximate surface area is 155 Å². The second kappa shape index (κ2) is 6.83. The molecule has 0 aliphatic heterocycles. The van der Waals surface area contributed by atoms with Crippen LogP contribution in [0, 0.1) is 0 Å². The molecule has 2 aromatic heterocycles. The van der Waals surface area contributed by atoms with Crippen LogP contribution in [-0.4, -0.2) is 20.8 Å². The zero-order chi connectivity index (χ0) is 16.4. The van der Waals surface area contributed by atoms with Gasteiger partial charge in [-0.2, -0.15) is 0 Å². The molecule has 0 saturated carbocycles.